The Morgan fingerprint density at radius 3 is 2.55 bits per heavy atom. The molecule has 0 saturated carbocycles. The number of carbonyl (C=O) groups excluding carboxylic acids is 1. The van der Waals surface area contributed by atoms with Gasteiger partial charge in [0.25, 0.3) is 0 Å². The summed E-state index contributed by atoms with van der Waals surface area (Å²) in [5, 5.41) is 10.6. The zero-order valence-electron chi connectivity index (χ0n) is 25.9. The Hall–Kier alpha value is -3.24. The first-order valence-corrected chi connectivity index (χ1v) is 15.2. The highest BCUT2D eigenvalue weighted by molar-refractivity contribution is 5.79. The van der Waals surface area contributed by atoms with Crippen LogP contribution in [0.15, 0.2) is 30.5 Å². The van der Waals surface area contributed by atoms with Crippen LogP contribution in [0.5, 0.6) is 17.2 Å². The standard InChI is InChI=1S/C32H48N4O6/c1-6-7-16-35(17-9-8-14-33(2)3)29(37)21-36-20-25(23-18-27(40-5)31-28(19-23)41-22-42-31)30(32(38)39)26(36)13-12-24-11-10-15-34(24)4/h10-11,15,18-19,25-26,30H,6-9,12-14,16-17,20-22H2,1-5H3,(H,38,39)/t25-,26+,30-/m1/s1. The number of hydrogen-bond acceptors (Lipinski definition) is 7. The maximum absolute atomic E-state index is 13.8. The van der Waals surface area contributed by atoms with Gasteiger partial charge in [-0.25, -0.2) is 0 Å². The summed E-state index contributed by atoms with van der Waals surface area (Å²) in [7, 11) is 7.70. The SMILES string of the molecule is CCCCN(CCCCN(C)C)C(=O)CN1C[C@H](c2cc(OC)c3c(c2)OCO3)[C@@H](C(=O)O)[C@@H]1CCc1cccn1C. The summed E-state index contributed by atoms with van der Waals surface area (Å²) in [6.07, 6.45) is 7.31. The Balaban J connectivity index is 1.59. The largest absolute Gasteiger partial charge is 0.493 e. The van der Waals surface area contributed by atoms with E-state index in [-0.39, 0.29) is 31.2 Å². The average Bonchev–Trinajstić information content (AvgIpc) is 3.69. The third kappa shape index (κ3) is 7.58. The summed E-state index contributed by atoms with van der Waals surface area (Å²) in [6, 6.07) is 7.52. The van der Waals surface area contributed by atoms with Crippen molar-refractivity contribution in [1.82, 2.24) is 19.3 Å². The fourth-order valence-corrected chi connectivity index (χ4v) is 6.32. The highest BCUT2D eigenvalue weighted by Gasteiger charge is 2.47. The number of methoxy groups -OCH3 is 1. The summed E-state index contributed by atoms with van der Waals surface area (Å²) < 4.78 is 18.9. The molecule has 1 aromatic heterocycles. The molecule has 1 aromatic carbocycles. The van der Waals surface area contributed by atoms with Gasteiger partial charge in [-0.05, 0) is 82.6 Å². The van der Waals surface area contributed by atoms with E-state index in [0.717, 1.165) is 63.0 Å². The summed E-state index contributed by atoms with van der Waals surface area (Å²) in [5.74, 6) is -0.164. The van der Waals surface area contributed by atoms with E-state index in [1.54, 1.807) is 7.11 Å². The zero-order chi connectivity index (χ0) is 30.2. The molecule has 1 N–H and O–H groups in total. The second-order valence-corrected chi connectivity index (χ2v) is 11.8. The van der Waals surface area contributed by atoms with Crippen molar-refractivity contribution in [2.75, 3.05) is 60.7 Å². The third-order valence-electron chi connectivity index (χ3n) is 8.65. The molecule has 0 radical (unpaired) electrons. The number of benzene rings is 1. The summed E-state index contributed by atoms with van der Waals surface area (Å²) in [5.41, 5.74) is 1.97. The fourth-order valence-electron chi connectivity index (χ4n) is 6.32. The minimum Gasteiger partial charge on any atom is -0.493 e. The highest BCUT2D eigenvalue weighted by atomic mass is 16.7. The van der Waals surface area contributed by atoms with Crippen molar-refractivity contribution in [3.05, 3.63) is 41.7 Å². The zero-order valence-corrected chi connectivity index (χ0v) is 25.9. The normalized spacial score (nSPS) is 19.9. The summed E-state index contributed by atoms with van der Waals surface area (Å²) >= 11 is 0. The van der Waals surface area contributed by atoms with E-state index in [0.29, 0.717) is 30.2 Å². The van der Waals surface area contributed by atoms with Gasteiger partial charge in [0.05, 0.1) is 19.6 Å². The lowest BCUT2D eigenvalue weighted by Gasteiger charge is -2.30. The number of nitrogens with zero attached hydrogens (tertiary/aromatic N) is 4. The summed E-state index contributed by atoms with van der Waals surface area (Å²) in [4.78, 5) is 33.0. The topological polar surface area (TPSA) is 96.7 Å². The molecule has 0 bridgehead atoms. The van der Waals surface area contributed by atoms with Gasteiger partial charge in [0.15, 0.2) is 11.5 Å². The molecule has 0 aliphatic carbocycles. The summed E-state index contributed by atoms with van der Waals surface area (Å²) in [6.45, 7) is 5.34. The number of ether oxygens (including phenoxy) is 3. The predicted octanol–water partition coefficient (Wildman–Crippen LogP) is 3.83. The van der Waals surface area contributed by atoms with Crippen molar-refractivity contribution in [2.45, 2.75) is 57.4 Å². The number of carbonyl (C=O) groups is 2. The Labute approximate surface area is 250 Å². The van der Waals surface area contributed by atoms with Gasteiger partial charge < -0.3 is 33.7 Å². The Bertz CT molecular complexity index is 1200. The van der Waals surface area contributed by atoms with Gasteiger partial charge in [0.1, 0.15) is 0 Å². The number of aromatic nitrogens is 1. The van der Waals surface area contributed by atoms with Gasteiger partial charge in [0, 0.05) is 50.5 Å². The van der Waals surface area contributed by atoms with Crippen LogP contribution in [0.4, 0.5) is 0 Å². The molecular formula is C32H48N4O6. The van der Waals surface area contributed by atoms with Crippen molar-refractivity contribution in [2.24, 2.45) is 13.0 Å². The van der Waals surface area contributed by atoms with Crippen LogP contribution in [-0.4, -0.2) is 103 Å². The molecule has 2 aliphatic rings. The molecule has 2 aromatic rings. The van der Waals surface area contributed by atoms with E-state index in [1.165, 1.54) is 0 Å². The molecule has 2 aliphatic heterocycles. The van der Waals surface area contributed by atoms with Gasteiger partial charge in [0.2, 0.25) is 18.4 Å². The molecule has 0 spiro atoms. The van der Waals surface area contributed by atoms with Crippen LogP contribution < -0.4 is 14.2 Å². The Morgan fingerprint density at radius 1 is 1.12 bits per heavy atom. The number of aliphatic carboxylic acids is 1. The van der Waals surface area contributed by atoms with E-state index < -0.39 is 11.9 Å². The monoisotopic (exact) mass is 584 g/mol. The molecule has 0 unspecified atom stereocenters. The van der Waals surface area contributed by atoms with Gasteiger partial charge in [-0.1, -0.05) is 13.3 Å². The van der Waals surface area contributed by atoms with Crippen molar-refractivity contribution < 1.29 is 28.9 Å². The number of hydrogen-bond donors (Lipinski definition) is 1. The van der Waals surface area contributed by atoms with Crippen LogP contribution in [0.25, 0.3) is 0 Å². The van der Waals surface area contributed by atoms with Gasteiger partial charge in [-0.2, -0.15) is 0 Å². The second kappa shape index (κ2) is 14.8. The lowest BCUT2D eigenvalue weighted by molar-refractivity contribution is -0.143. The first kappa shape index (κ1) is 31.7. The molecule has 1 fully saturated rings. The number of carboxylic acid groups (broad SMARTS) is 1. The van der Waals surface area contributed by atoms with Crippen molar-refractivity contribution in [1.29, 1.82) is 0 Å². The van der Waals surface area contributed by atoms with Crippen molar-refractivity contribution in [3.63, 3.8) is 0 Å². The molecular weight excluding hydrogens is 536 g/mol. The Morgan fingerprint density at radius 2 is 1.88 bits per heavy atom. The molecule has 3 atom stereocenters. The third-order valence-corrected chi connectivity index (χ3v) is 8.65. The van der Waals surface area contributed by atoms with E-state index in [1.807, 2.05) is 36.3 Å². The molecule has 232 valence electrons. The minimum atomic E-state index is -0.852. The fraction of sp³-hybridized carbons (Fsp3) is 0.625. The van der Waals surface area contributed by atoms with Gasteiger partial charge >= 0.3 is 5.97 Å². The van der Waals surface area contributed by atoms with Crippen molar-refractivity contribution in [3.8, 4) is 17.2 Å². The number of aryl methyl sites for hydroxylation is 2. The smallest absolute Gasteiger partial charge is 0.308 e. The van der Waals surface area contributed by atoms with Crippen LogP contribution in [0.2, 0.25) is 0 Å². The van der Waals surface area contributed by atoms with Crippen molar-refractivity contribution >= 4 is 11.9 Å². The van der Waals surface area contributed by atoms with E-state index in [4.69, 9.17) is 14.2 Å². The maximum atomic E-state index is 13.8. The maximum Gasteiger partial charge on any atom is 0.308 e. The number of likely N-dealkylation sites (tertiary alicyclic amines) is 1. The lowest BCUT2D eigenvalue weighted by Crippen LogP contribution is -2.45. The van der Waals surface area contributed by atoms with Gasteiger partial charge in [-0.15, -0.1) is 0 Å². The predicted molar refractivity (Wildman–Crippen MR) is 161 cm³/mol. The molecule has 10 nitrogen and oxygen atoms in total. The number of unbranched alkanes of at least 4 members (excludes halogenated alkanes) is 2. The minimum absolute atomic E-state index is 0.0743. The number of rotatable bonds is 16. The quantitative estimate of drug-likeness (QED) is 0.298. The van der Waals surface area contributed by atoms with E-state index in [9.17, 15) is 14.7 Å². The number of fused-ring (bicyclic) bond motifs is 1. The van der Waals surface area contributed by atoms with Crippen LogP contribution >= 0.6 is 0 Å². The van der Waals surface area contributed by atoms with E-state index >= 15 is 0 Å². The number of carboxylic acids is 1. The Kier molecular flexibility index (Phi) is 11.2. The van der Waals surface area contributed by atoms with Crippen LogP contribution in [0.1, 0.15) is 56.2 Å². The molecule has 1 saturated heterocycles. The lowest BCUT2D eigenvalue weighted by atomic mass is 9.83. The number of amides is 1. The highest BCUT2D eigenvalue weighted by Crippen LogP contribution is 2.47. The first-order chi connectivity index (χ1) is 20.2. The van der Waals surface area contributed by atoms with Crippen LogP contribution in [-0.2, 0) is 23.1 Å². The molecule has 42 heavy (non-hydrogen) atoms. The van der Waals surface area contributed by atoms with Crippen LogP contribution in [0, 0.1) is 5.92 Å². The van der Waals surface area contributed by atoms with Gasteiger partial charge in [-0.3, -0.25) is 14.5 Å². The second-order valence-electron chi connectivity index (χ2n) is 11.8. The molecule has 10 heteroatoms. The average molecular weight is 585 g/mol. The molecule has 4 rings (SSSR count). The molecule has 3 heterocycles. The van der Waals surface area contributed by atoms with E-state index in [2.05, 4.69) is 41.5 Å². The first-order valence-electron chi connectivity index (χ1n) is 15.2. The van der Waals surface area contributed by atoms with Crippen LogP contribution in [0.3, 0.4) is 0 Å². The molecule has 1 amide bonds.